The second kappa shape index (κ2) is 5.68. The lowest BCUT2D eigenvalue weighted by Gasteiger charge is -2.12. The molecule has 0 spiro atoms. The van der Waals surface area contributed by atoms with Crippen LogP contribution in [-0.2, 0) is 6.61 Å². The van der Waals surface area contributed by atoms with Gasteiger partial charge in [0.15, 0.2) is 0 Å². The standard InChI is InChI=1S/C11H17NO3/c1-8(5-13)7-15-11-4-3-9(2)12-10(11)6-14/h3-4,8,13-14H,5-7H2,1-2H3. The molecule has 0 aliphatic carbocycles. The van der Waals surface area contributed by atoms with Gasteiger partial charge in [-0.15, -0.1) is 0 Å². The molecule has 15 heavy (non-hydrogen) atoms. The van der Waals surface area contributed by atoms with Gasteiger partial charge in [-0.3, -0.25) is 4.98 Å². The summed E-state index contributed by atoms with van der Waals surface area (Å²) in [5.41, 5.74) is 1.39. The van der Waals surface area contributed by atoms with Crippen LogP contribution >= 0.6 is 0 Å². The van der Waals surface area contributed by atoms with Gasteiger partial charge in [0.25, 0.3) is 0 Å². The SMILES string of the molecule is Cc1ccc(OCC(C)CO)c(CO)n1. The Hall–Kier alpha value is -1.13. The molecule has 4 heteroatoms. The molecule has 4 nitrogen and oxygen atoms in total. The Morgan fingerprint density at radius 2 is 2.13 bits per heavy atom. The van der Waals surface area contributed by atoms with E-state index in [1.54, 1.807) is 6.07 Å². The fourth-order valence-electron chi connectivity index (χ4n) is 1.13. The maximum atomic E-state index is 9.07. The highest BCUT2D eigenvalue weighted by Crippen LogP contribution is 2.17. The highest BCUT2D eigenvalue weighted by molar-refractivity contribution is 5.28. The molecule has 1 atom stereocenters. The fourth-order valence-corrected chi connectivity index (χ4v) is 1.13. The number of aliphatic hydroxyl groups is 2. The second-order valence-electron chi connectivity index (χ2n) is 3.65. The molecule has 0 saturated carbocycles. The fraction of sp³-hybridized carbons (Fsp3) is 0.545. The van der Waals surface area contributed by atoms with Crippen molar-refractivity contribution >= 4 is 0 Å². The molecule has 2 N–H and O–H groups in total. The van der Waals surface area contributed by atoms with Crippen LogP contribution < -0.4 is 4.74 Å². The molecule has 0 bridgehead atoms. The maximum Gasteiger partial charge on any atom is 0.143 e. The van der Waals surface area contributed by atoms with Crippen LogP contribution in [0.4, 0.5) is 0 Å². The van der Waals surface area contributed by atoms with Gasteiger partial charge in [0, 0.05) is 18.2 Å². The summed E-state index contributed by atoms with van der Waals surface area (Å²) >= 11 is 0. The van der Waals surface area contributed by atoms with E-state index < -0.39 is 0 Å². The molecule has 1 aromatic heterocycles. The lowest BCUT2D eigenvalue weighted by atomic mass is 10.2. The van der Waals surface area contributed by atoms with Crippen LogP contribution in [0.2, 0.25) is 0 Å². The van der Waals surface area contributed by atoms with Crippen LogP contribution in [0.15, 0.2) is 12.1 Å². The van der Waals surface area contributed by atoms with E-state index in [4.69, 9.17) is 14.9 Å². The monoisotopic (exact) mass is 211 g/mol. The van der Waals surface area contributed by atoms with Crippen LogP contribution in [0, 0.1) is 12.8 Å². The van der Waals surface area contributed by atoms with Crippen LogP contribution in [-0.4, -0.2) is 28.4 Å². The summed E-state index contributed by atoms with van der Waals surface area (Å²) in [6.45, 7) is 4.13. The number of aliphatic hydroxyl groups excluding tert-OH is 2. The molecule has 0 aliphatic rings. The zero-order valence-corrected chi connectivity index (χ0v) is 9.10. The van der Waals surface area contributed by atoms with Gasteiger partial charge >= 0.3 is 0 Å². The minimum absolute atomic E-state index is 0.0813. The average molecular weight is 211 g/mol. The Labute approximate surface area is 89.5 Å². The molecule has 0 saturated heterocycles. The van der Waals surface area contributed by atoms with Gasteiger partial charge in [0.05, 0.1) is 13.2 Å². The molecule has 1 aromatic rings. The first kappa shape index (κ1) is 11.9. The normalized spacial score (nSPS) is 12.5. The van der Waals surface area contributed by atoms with Crippen molar-refractivity contribution in [3.63, 3.8) is 0 Å². The van der Waals surface area contributed by atoms with Gasteiger partial charge < -0.3 is 14.9 Å². The van der Waals surface area contributed by atoms with E-state index in [0.717, 1.165) is 5.69 Å². The highest BCUT2D eigenvalue weighted by atomic mass is 16.5. The summed E-state index contributed by atoms with van der Waals surface area (Å²) in [5.74, 6) is 0.668. The van der Waals surface area contributed by atoms with E-state index in [1.807, 2.05) is 19.9 Å². The molecule has 1 rings (SSSR count). The molecule has 1 heterocycles. The molecule has 84 valence electrons. The van der Waals surface area contributed by atoms with Gasteiger partial charge in [0.1, 0.15) is 11.4 Å². The molecule has 0 amide bonds. The van der Waals surface area contributed by atoms with E-state index in [1.165, 1.54) is 0 Å². The first-order valence-corrected chi connectivity index (χ1v) is 4.98. The van der Waals surface area contributed by atoms with Crippen LogP contribution in [0.25, 0.3) is 0 Å². The third kappa shape index (κ3) is 3.49. The molecule has 0 fully saturated rings. The smallest absolute Gasteiger partial charge is 0.143 e. The molecular formula is C11H17NO3. The topological polar surface area (TPSA) is 62.6 Å². The van der Waals surface area contributed by atoms with Gasteiger partial charge in [-0.05, 0) is 19.1 Å². The molecule has 0 radical (unpaired) electrons. The third-order valence-electron chi connectivity index (χ3n) is 2.06. The quantitative estimate of drug-likeness (QED) is 0.759. The van der Waals surface area contributed by atoms with Crippen molar-refractivity contribution in [2.24, 2.45) is 5.92 Å². The number of pyridine rings is 1. The predicted octanol–water partition coefficient (Wildman–Crippen LogP) is 0.890. The van der Waals surface area contributed by atoms with Gasteiger partial charge in [0.2, 0.25) is 0 Å². The Balaban J connectivity index is 2.67. The number of aryl methyl sites for hydroxylation is 1. The van der Waals surface area contributed by atoms with Crippen LogP contribution in [0.5, 0.6) is 5.75 Å². The summed E-state index contributed by atoms with van der Waals surface area (Å²) in [5, 5.41) is 17.9. The summed E-state index contributed by atoms with van der Waals surface area (Å²) < 4.78 is 5.45. The predicted molar refractivity (Wildman–Crippen MR) is 56.6 cm³/mol. The highest BCUT2D eigenvalue weighted by Gasteiger charge is 2.07. The van der Waals surface area contributed by atoms with E-state index in [2.05, 4.69) is 4.98 Å². The number of rotatable bonds is 5. The molecule has 0 aliphatic heterocycles. The van der Waals surface area contributed by atoms with Crippen LogP contribution in [0.1, 0.15) is 18.3 Å². The van der Waals surface area contributed by atoms with Crippen molar-refractivity contribution in [1.29, 1.82) is 0 Å². The number of nitrogens with zero attached hydrogens (tertiary/aromatic N) is 1. The van der Waals surface area contributed by atoms with Crippen molar-refractivity contribution in [2.45, 2.75) is 20.5 Å². The molecular weight excluding hydrogens is 194 g/mol. The lowest BCUT2D eigenvalue weighted by molar-refractivity contribution is 0.170. The molecule has 0 aromatic carbocycles. The summed E-state index contributed by atoms with van der Waals surface area (Å²) in [6.07, 6.45) is 0. The van der Waals surface area contributed by atoms with Crippen molar-refractivity contribution in [3.05, 3.63) is 23.5 Å². The Bertz CT molecular complexity index is 315. The van der Waals surface area contributed by atoms with Crippen molar-refractivity contribution in [1.82, 2.24) is 4.98 Å². The lowest BCUT2D eigenvalue weighted by Crippen LogP contribution is -2.13. The molecule has 1 unspecified atom stereocenters. The Kier molecular flexibility index (Phi) is 4.52. The first-order valence-electron chi connectivity index (χ1n) is 4.98. The third-order valence-corrected chi connectivity index (χ3v) is 2.06. The average Bonchev–Trinajstić information content (AvgIpc) is 2.26. The maximum absolute atomic E-state index is 9.07. The minimum atomic E-state index is -0.134. The summed E-state index contributed by atoms with van der Waals surface area (Å²) in [6, 6.07) is 3.62. The number of hydrogen-bond acceptors (Lipinski definition) is 4. The van der Waals surface area contributed by atoms with Gasteiger partial charge in [-0.2, -0.15) is 0 Å². The Morgan fingerprint density at radius 1 is 1.40 bits per heavy atom. The number of ether oxygens (including phenoxy) is 1. The van der Waals surface area contributed by atoms with Crippen molar-refractivity contribution < 1.29 is 14.9 Å². The second-order valence-corrected chi connectivity index (χ2v) is 3.65. The number of aromatic nitrogens is 1. The van der Waals surface area contributed by atoms with Gasteiger partial charge in [-0.25, -0.2) is 0 Å². The van der Waals surface area contributed by atoms with Crippen molar-refractivity contribution in [2.75, 3.05) is 13.2 Å². The largest absolute Gasteiger partial charge is 0.491 e. The summed E-state index contributed by atoms with van der Waals surface area (Å²) in [7, 11) is 0. The van der Waals surface area contributed by atoms with Crippen LogP contribution in [0.3, 0.4) is 0 Å². The van der Waals surface area contributed by atoms with Crippen molar-refractivity contribution in [3.8, 4) is 5.75 Å². The van der Waals surface area contributed by atoms with E-state index in [0.29, 0.717) is 18.1 Å². The van der Waals surface area contributed by atoms with E-state index in [9.17, 15) is 0 Å². The zero-order valence-electron chi connectivity index (χ0n) is 9.10. The first-order chi connectivity index (χ1) is 7.17. The van der Waals surface area contributed by atoms with Gasteiger partial charge in [-0.1, -0.05) is 6.92 Å². The zero-order chi connectivity index (χ0) is 11.3. The Morgan fingerprint density at radius 3 is 2.73 bits per heavy atom. The minimum Gasteiger partial charge on any atom is -0.491 e. The number of hydrogen-bond donors (Lipinski definition) is 2. The van der Waals surface area contributed by atoms with E-state index in [-0.39, 0.29) is 19.1 Å². The summed E-state index contributed by atoms with van der Waals surface area (Å²) in [4.78, 5) is 4.16. The van der Waals surface area contributed by atoms with E-state index >= 15 is 0 Å².